The molecule has 4 aliphatic carbocycles. The summed E-state index contributed by atoms with van der Waals surface area (Å²) in [5.41, 5.74) is 1.57. The predicted octanol–water partition coefficient (Wildman–Crippen LogP) is 5.03. The molecule has 0 radical (unpaired) electrons. The molecular formula is C26H42O4. The topological polar surface area (TPSA) is 77.8 Å². The van der Waals surface area contributed by atoms with E-state index in [2.05, 4.69) is 33.8 Å². The van der Waals surface area contributed by atoms with Gasteiger partial charge >= 0.3 is 5.97 Å². The van der Waals surface area contributed by atoms with Crippen molar-refractivity contribution in [2.75, 3.05) is 0 Å². The zero-order chi connectivity index (χ0) is 21.8. The molecule has 0 bridgehead atoms. The minimum Gasteiger partial charge on any atom is -0.481 e. The van der Waals surface area contributed by atoms with Gasteiger partial charge in [-0.2, -0.15) is 0 Å². The van der Waals surface area contributed by atoms with E-state index in [0.717, 1.165) is 38.5 Å². The molecule has 0 amide bonds. The summed E-state index contributed by atoms with van der Waals surface area (Å²) in [5.74, 6) is 1.94. The van der Waals surface area contributed by atoms with Crippen molar-refractivity contribution in [2.24, 2.45) is 46.3 Å². The number of rotatable bonds is 4. The summed E-state index contributed by atoms with van der Waals surface area (Å²) in [5, 5.41) is 31.2. The molecule has 4 aliphatic rings. The summed E-state index contributed by atoms with van der Waals surface area (Å²) in [4.78, 5) is 11.1. The van der Waals surface area contributed by atoms with Gasteiger partial charge in [0.15, 0.2) is 0 Å². The molecule has 0 heterocycles. The molecule has 3 unspecified atom stereocenters. The smallest absolute Gasteiger partial charge is 0.303 e. The van der Waals surface area contributed by atoms with Gasteiger partial charge in [-0.05, 0) is 110 Å². The number of aliphatic hydroxyl groups is 2. The molecule has 0 aliphatic heterocycles. The van der Waals surface area contributed by atoms with Gasteiger partial charge in [0, 0.05) is 6.42 Å². The van der Waals surface area contributed by atoms with Gasteiger partial charge in [0.25, 0.3) is 0 Å². The van der Waals surface area contributed by atoms with Crippen LogP contribution in [0, 0.1) is 46.3 Å². The SMILES string of the molecule is C/C=C1\C2C[C@H](O)CC[C@]2(C)C2CC[C@@]3(C)C(CC[C@@H]3[C@H](C)CCC(=O)O)[C@@H]2[C@@H]1O. The number of allylic oxidation sites excluding steroid dienone is 1. The molecule has 0 aromatic heterocycles. The molecule has 3 N–H and O–H groups in total. The third-order valence-electron chi connectivity index (χ3n) is 10.5. The molecule has 0 spiro atoms. The largest absolute Gasteiger partial charge is 0.481 e. The van der Waals surface area contributed by atoms with E-state index in [1.165, 1.54) is 18.4 Å². The molecule has 0 aromatic carbocycles. The first-order valence-electron chi connectivity index (χ1n) is 12.4. The summed E-state index contributed by atoms with van der Waals surface area (Å²) in [6, 6.07) is 0. The lowest BCUT2D eigenvalue weighted by molar-refractivity contribution is -0.147. The van der Waals surface area contributed by atoms with Crippen LogP contribution in [0.25, 0.3) is 0 Å². The molecule has 0 saturated heterocycles. The first-order valence-corrected chi connectivity index (χ1v) is 12.4. The van der Waals surface area contributed by atoms with Crippen molar-refractivity contribution >= 4 is 5.97 Å². The quantitative estimate of drug-likeness (QED) is 0.559. The highest BCUT2D eigenvalue weighted by Crippen LogP contribution is 2.69. The maximum atomic E-state index is 11.6. The monoisotopic (exact) mass is 418 g/mol. The Balaban J connectivity index is 1.63. The van der Waals surface area contributed by atoms with E-state index in [0.29, 0.717) is 35.5 Å². The van der Waals surface area contributed by atoms with Crippen molar-refractivity contribution in [3.63, 3.8) is 0 Å². The van der Waals surface area contributed by atoms with Crippen LogP contribution in [-0.4, -0.2) is 33.5 Å². The average Bonchev–Trinajstić information content (AvgIpc) is 3.05. The van der Waals surface area contributed by atoms with Gasteiger partial charge in [-0.1, -0.05) is 26.8 Å². The van der Waals surface area contributed by atoms with Crippen LogP contribution in [0.2, 0.25) is 0 Å². The fourth-order valence-electron chi connectivity index (χ4n) is 9.00. The normalized spacial score (nSPS) is 50.5. The van der Waals surface area contributed by atoms with Crippen molar-refractivity contribution in [2.45, 2.75) is 97.7 Å². The molecule has 0 aromatic rings. The Morgan fingerprint density at radius 2 is 1.77 bits per heavy atom. The average molecular weight is 419 g/mol. The van der Waals surface area contributed by atoms with E-state index in [1.807, 2.05) is 0 Å². The van der Waals surface area contributed by atoms with Gasteiger partial charge in [0.1, 0.15) is 0 Å². The lowest BCUT2D eigenvalue weighted by Crippen LogP contribution is -2.59. The standard InChI is InChI=1S/C26H42O4/c1-5-17-21-14-16(27)10-12-26(21,4)20-11-13-25(3)18(15(2)6-9-22(28)29)7-8-19(25)23(20)24(17)30/h5,15-16,18-21,23-24,27,30H,6-14H2,1-4H3,(H,28,29)/b17-5+/t15-,16-,18-,19?,20?,21?,23+,24-,25-,26-/m1/s1. The van der Waals surface area contributed by atoms with E-state index in [1.54, 1.807) is 0 Å². The lowest BCUT2D eigenvalue weighted by atomic mass is 9.42. The first-order chi connectivity index (χ1) is 14.1. The highest BCUT2D eigenvalue weighted by Gasteiger charge is 2.63. The van der Waals surface area contributed by atoms with E-state index in [4.69, 9.17) is 5.11 Å². The van der Waals surface area contributed by atoms with Crippen LogP contribution >= 0.6 is 0 Å². The van der Waals surface area contributed by atoms with Crippen molar-refractivity contribution in [1.82, 2.24) is 0 Å². The Morgan fingerprint density at radius 3 is 2.43 bits per heavy atom. The van der Waals surface area contributed by atoms with Gasteiger partial charge in [0.05, 0.1) is 12.2 Å². The number of carboxylic acid groups (broad SMARTS) is 1. The van der Waals surface area contributed by atoms with Crippen LogP contribution < -0.4 is 0 Å². The van der Waals surface area contributed by atoms with Gasteiger partial charge in [0.2, 0.25) is 0 Å². The zero-order valence-corrected chi connectivity index (χ0v) is 19.3. The number of aliphatic carboxylic acids is 1. The summed E-state index contributed by atoms with van der Waals surface area (Å²) in [6.07, 6.45) is 9.99. The van der Waals surface area contributed by atoms with E-state index < -0.39 is 5.97 Å². The van der Waals surface area contributed by atoms with Gasteiger partial charge in [-0.15, -0.1) is 0 Å². The van der Waals surface area contributed by atoms with Gasteiger partial charge in [-0.3, -0.25) is 4.79 Å². The Morgan fingerprint density at radius 1 is 1.10 bits per heavy atom. The fraction of sp³-hybridized carbons (Fsp3) is 0.885. The lowest BCUT2D eigenvalue weighted by Gasteiger charge is -2.63. The molecular weight excluding hydrogens is 376 g/mol. The number of hydrogen-bond donors (Lipinski definition) is 3. The van der Waals surface area contributed by atoms with Crippen molar-refractivity contribution in [3.05, 3.63) is 11.6 Å². The van der Waals surface area contributed by atoms with E-state index >= 15 is 0 Å². The minimum absolute atomic E-state index is 0.180. The van der Waals surface area contributed by atoms with E-state index in [-0.39, 0.29) is 29.5 Å². The number of carbonyl (C=O) groups is 1. The van der Waals surface area contributed by atoms with Crippen molar-refractivity contribution in [1.29, 1.82) is 0 Å². The number of fused-ring (bicyclic) bond motifs is 5. The number of carboxylic acids is 1. The summed E-state index contributed by atoms with van der Waals surface area (Å²) >= 11 is 0. The Labute approximate surface area is 182 Å². The van der Waals surface area contributed by atoms with Crippen LogP contribution in [0.4, 0.5) is 0 Å². The zero-order valence-electron chi connectivity index (χ0n) is 19.3. The molecule has 4 heteroatoms. The highest BCUT2D eigenvalue weighted by atomic mass is 16.4. The third kappa shape index (κ3) is 3.28. The molecule has 4 saturated carbocycles. The summed E-state index contributed by atoms with van der Waals surface area (Å²) < 4.78 is 0. The highest BCUT2D eigenvalue weighted by molar-refractivity contribution is 5.66. The third-order valence-corrected chi connectivity index (χ3v) is 10.5. The molecule has 4 fully saturated rings. The van der Waals surface area contributed by atoms with Gasteiger partial charge < -0.3 is 15.3 Å². The summed E-state index contributed by atoms with van der Waals surface area (Å²) in [7, 11) is 0. The first kappa shape index (κ1) is 22.3. The maximum absolute atomic E-state index is 11.6. The van der Waals surface area contributed by atoms with Crippen LogP contribution in [0.3, 0.4) is 0 Å². The van der Waals surface area contributed by atoms with E-state index in [9.17, 15) is 15.0 Å². The number of aliphatic hydroxyl groups excluding tert-OH is 2. The van der Waals surface area contributed by atoms with Crippen LogP contribution in [0.15, 0.2) is 11.6 Å². The van der Waals surface area contributed by atoms with Crippen LogP contribution in [-0.2, 0) is 4.79 Å². The predicted molar refractivity (Wildman–Crippen MR) is 118 cm³/mol. The van der Waals surface area contributed by atoms with Crippen LogP contribution in [0.5, 0.6) is 0 Å². The molecule has 10 atom stereocenters. The molecule has 4 rings (SSSR count). The second-order valence-electron chi connectivity index (χ2n) is 11.6. The molecule has 170 valence electrons. The summed E-state index contributed by atoms with van der Waals surface area (Å²) in [6.45, 7) is 9.21. The minimum atomic E-state index is -0.691. The Bertz CT molecular complexity index is 701. The maximum Gasteiger partial charge on any atom is 0.303 e. The Kier molecular flexibility index (Phi) is 5.89. The fourth-order valence-corrected chi connectivity index (χ4v) is 9.00. The van der Waals surface area contributed by atoms with Gasteiger partial charge in [-0.25, -0.2) is 0 Å². The van der Waals surface area contributed by atoms with Crippen LogP contribution in [0.1, 0.15) is 85.5 Å². The second kappa shape index (κ2) is 7.92. The van der Waals surface area contributed by atoms with Crippen molar-refractivity contribution in [3.8, 4) is 0 Å². The molecule has 30 heavy (non-hydrogen) atoms. The Hall–Kier alpha value is -0.870. The second-order valence-corrected chi connectivity index (χ2v) is 11.6. The number of hydrogen-bond acceptors (Lipinski definition) is 3. The van der Waals surface area contributed by atoms with Crippen molar-refractivity contribution < 1.29 is 20.1 Å². The molecule has 4 nitrogen and oxygen atoms in total.